The number of benzene rings is 2. The van der Waals surface area contributed by atoms with Crippen LogP contribution in [0.1, 0.15) is 81.8 Å². The molecule has 286 valence electrons. The molecule has 52 heavy (non-hydrogen) atoms. The van der Waals surface area contributed by atoms with Crippen LogP contribution >= 0.6 is 0 Å². The summed E-state index contributed by atoms with van der Waals surface area (Å²) in [7, 11) is 1.63. The van der Waals surface area contributed by atoms with E-state index < -0.39 is 5.97 Å². The average Bonchev–Trinajstić information content (AvgIpc) is 3.41. The Morgan fingerprint density at radius 2 is 1.13 bits per heavy atom. The third kappa shape index (κ3) is 15.5. The van der Waals surface area contributed by atoms with Crippen molar-refractivity contribution in [1.29, 1.82) is 0 Å². The number of carbonyl (C=O) groups is 5. The van der Waals surface area contributed by atoms with Gasteiger partial charge in [-0.15, -0.1) is 0 Å². The molecule has 0 saturated heterocycles. The van der Waals surface area contributed by atoms with Crippen LogP contribution in [0.25, 0.3) is 11.1 Å². The Balaban J connectivity index is 1.48. The van der Waals surface area contributed by atoms with Gasteiger partial charge in [0.2, 0.25) is 23.6 Å². The Morgan fingerprint density at radius 1 is 0.635 bits per heavy atom. The lowest BCUT2D eigenvalue weighted by Gasteiger charge is -2.15. The summed E-state index contributed by atoms with van der Waals surface area (Å²) in [5, 5.41) is 20.2. The second-order valence-corrected chi connectivity index (χ2v) is 12.5. The monoisotopic (exact) mass is 726 g/mol. The number of ether oxygens (including phenoxy) is 4. The molecule has 0 spiro atoms. The Bertz CT molecular complexity index is 1370. The van der Waals surface area contributed by atoms with Crippen LogP contribution in [0.4, 0.5) is 11.4 Å². The van der Waals surface area contributed by atoms with Crippen LogP contribution in [0.15, 0.2) is 36.4 Å². The second kappa shape index (κ2) is 24.0. The highest BCUT2D eigenvalue weighted by atomic mass is 16.5. The van der Waals surface area contributed by atoms with Gasteiger partial charge >= 0.3 is 5.97 Å². The highest BCUT2D eigenvalue weighted by Crippen LogP contribution is 2.47. The third-order valence-corrected chi connectivity index (χ3v) is 8.25. The molecule has 1 unspecified atom stereocenters. The van der Waals surface area contributed by atoms with E-state index in [9.17, 15) is 24.0 Å². The van der Waals surface area contributed by atoms with Crippen molar-refractivity contribution < 1.29 is 48.0 Å². The van der Waals surface area contributed by atoms with Gasteiger partial charge in [0, 0.05) is 96.5 Å². The fraction of sp³-hybridized carbons (Fsp3) is 0.553. The maximum Gasteiger partial charge on any atom is 0.302 e. The van der Waals surface area contributed by atoms with E-state index in [4.69, 9.17) is 24.1 Å². The standard InChI is InChI=1S/C38H54N4O10/c1-27(44)52-26-34-32-24-28(41-37(47)10-5-8-35(45)39-16-22-50-20-4-3-18-43)12-14-30(32)31-15-13-29(25-33(31)34)42-38(48)11-6-9-36(46)40-17-23-51-21-7-19-49-2/h12-15,24-25,34,43H,3-11,16-23,26H2,1-2H3,(H,39,45)(H,40,46)(H,41,47)(H,42,48). The van der Waals surface area contributed by atoms with Crippen LogP contribution in [-0.2, 0) is 42.9 Å². The van der Waals surface area contributed by atoms with Gasteiger partial charge in [0.25, 0.3) is 0 Å². The van der Waals surface area contributed by atoms with Crippen molar-refractivity contribution in [3.63, 3.8) is 0 Å². The zero-order valence-electron chi connectivity index (χ0n) is 30.4. The van der Waals surface area contributed by atoms with Crippen molar-refractivity contribution in [3.8, 4) is 11.1 Å². The van der Waals surface area contributed by atoms with Gasteiger partial charge in [0.15, 0.2) is 0 Å². The number of hydrogen-bond acceptors (Lipinski definition) is 10. The molecule has 14 heteroatoms. The molecule has 1 aliphatic carbocycles. The number of hydrogen-bond donors (Lipinski definition) is 5. The first-order valence-electron chi connectivity index (χ1n) is 18.0. The minimum Gasteiger partial charge on any atom is -0.465 e. The number of aliphatic hydroxyl groups excluding tert-OH is 1. The Hall–Kier alpha value is -4.37. The quantitative estimate of drug-likeness (QED) is 0.0707. The number of unbranched alkanes of at least 4 members (excludes halogenated alkanes) is 1. The molecule has 0 bridgehead atoms. The zero-order chi connectivity index (χ0) is 37.6. The number of esters is 1. The number of fused-ring (bicyclic) bond motifs is 3. The van der Waals surface area contributed by atoms with Crippen LogP contribution in [0.2, 0.25) is 0 Å². The van der Waals surface area contributed by atoms with Crippen molar-refractivity contribution in [2.24, 2.45) is 0 Å². The minimum atomic E-state index is -0.419. The van der Waals surface area contributed by atoms with Gasteiger partial charge in [-0.25, -0.2) is 0 Å². The SMILES string of the molecule is COCCCOCCNC(=O)CCCC(=O)Nc1ccc2c(c1)C(COC(C)=O)c1cc(NC(=O)CCCC(=O)NCCOCCCCO)ccc1-2. The molecule has 14 nitrogen and oxygen atoms in total. The Kier molecular flexibility index (Phi) is 19.4. The van der Waals surface area contributed by atoms with Gasteiger partial charge in [0.1, 0.15) is 6.61 Å². The normalized spacial score (nSPS) is 12.8. The van der Waals surface area contributed by atoms with Crippen LogP contribution in [0, 0.1) is 0 Å². The van der Waals surface area contributed by atoms with Crippen molar-refractivity contribution in [2.75, 3.05) is 77.1 Å². The van der Waals surface area contributed by atoms with Gasteiger partial charge in [-0.05, 0) is 78.6 Å². The number of amides is 4. The molecule has 3 rings (SSSR count). The predicted octanol–water partition coefficient (Wildman–Crippen LogP) is 3.65. The van der Waals surface area contributed by atoms with Crippen molar-refractivity contribution in [3.05, 3.63) is 47.5 Å². The highest BCUT2D eigenvalue weighted by molar-refractivity contribution is 5.94. The number of methoxy groups -OCH3 is 1. The summed E-state index contributed by atoms with van der Waals surface area (Å²) >= 11 is 0. The first-order valence-corrected chi connectivity index (χ1v) is 18.0. The van der Waals surface area contributed by atoms with E-state index in [-0.39, 0.29) is 68.4 Å². The number of rotatable bonds is 26. The smallest absolute Gasteiger partial charge is 0.302 e. The molecule has 0 aromatic heterocycles. The topological polar surface area (TPSA) is 191 Å². The number of nitrogens with one attached hydrogen (secondary N) is 4. The molecule has 0 fully saturated rings. The Labute approximate surface area is 305 Å². The number of aliphatic hydroxyl groups is 1. The van der Waals surface area contributed by atoms with Gasteiger partial charge in [-0.3, -0.25) is 24.0 Å². The van der Waals surface area contributed by atoms with Gasteiger partial charge in [0.05, 0.1) is 13.2 Å². The van der Waals surface area contributed by atoms with Crippen LogP contribution < -0.4 is 21.3 Å². The van der Waals surface area contributed by atoms with E-state index in [1.807, 2.05) is 36.4 Å². The first kappa shape index (κ1) is 42.0. The van der Waals surface area contributed by atoms with E-state index >= 15 is 0 Å². The highest BCUT2D eigenvalue weighted by Gasteiger charge is 2.30. The average molecular weight is 727 g/mol. The van der Waals surface area contributed by atoms with E-state index in [1.165, 1.54) is 6.92 Å². The minimum absolute atomic E-state index is 0.0836. The van der Waals surface area contributed by atoms with Crippen molar-refractivity contribution in [2.45, 2.75) is 70.6 Å². The summed E-state index contributed by atoms with van der Waals surface area (Å²) in [4.78, 5) is 61.5. The molecule has 2 aromatic carbocycles. The summed E-state index contributed by atoms with van der Waals surface area (Å²) in [6.45, 7) is 4.90. The predicted molar refractivity (Wildman–Crippen MR) is 196 cm³/mol. The summed E-state index contributed by atoms with van der Waals surface area (Å²) in [6, 6.07) is 11.2. The lowest BCUT2D eigenvalue weighted by Crippen LogP contribution is -2.27. The van der Waals surface area contributed by atoms with E-state index in [2.05, 4.69) is 21.3 Å². The molecular formula is C38H54N4O10. The molecule has 4 amide bonds. The first-order chi connectivity index (χ1) is 25.2. The number of carbonyl (C=O) groups excluding carboxylic acids is 5. The second-order valence-electron chi connectivity index (χ2n) is 12.5. The summed E-state index contributed by atoms with van der Waals surface area (Å²) in [5.74, 6) is -1.48. The van der Waals surface area contributed by atoms with Gasteiger partial charge in [-0.2, -0.15) is 0 Å². The molecule has 5 N–H and O–H groups in total. The zero-order valence-corrected chi connectivity index (χ0v) is 30.4. The van der Waals surface area contributed by atoms with Crippen molar-refractivity contribution in [1.82, 2.24) is 10.6 Å². The summed E-state index contributed by atoms with van der Waals surface area (Å²) < 4.78 is 21.2. The molecule has 0 heterocycles. The maximum atomic E-state index is 12.7. The maximum absolute atomic E-state index is 12.7. The molecule has 0 radical (unpaired) electrons. The molecular weight excluding hydrogens is 672 g/mol. The largest absolute Gasteiger partial charge is 0.465 e. The molecule has 2 aromatic rings. The lowest BCUT2D eigenvalue weighted by atomic mass is 9.97. The fourth-order valence-electron chi connectivity index (χ4n) is 5.69. The summed E-state index contributed by atoms with van der Waals surface area (Å²) in [6.07, 6.45) is 3.79. The molecule has 1 aliphatic rings. The van der Waals surface area contributed by atoms with Crippen LogP contribution in [0.3, 0.4) is 0 Å². The van der Waals surface area contributed by atoms with Gasteiger partial charge in [-0.1, -0.05) is 12.1 Å². The Morgan fingerprint density at radius 3 is 1.62 bits per heavy atom. The fourth-order valence-corrected chi connectivity index (χ4v) is 5.69. The molecule has 1 atom stereocenters. The van der Waals surface area contributed by atoms with Crippen molar-refractivity contribution >= 4 is 41.0 Å². The number of anilines is 2. The third-order valence-electron chi connectivity index (χ3n) is 8.25. The molecule has 0 saturated carbocycles. The molecule has 0 aliphatic heterocycles. The van der Waals surface area contributed by atoms with Crippen LogP contribution in [0.5, 0.6) is 0 Å². The summed E-state index contributed by atoms with van der Waals surface area (Å²) in [5.41, 5.74) is 4.79. The van der Waals surface area contributed by atoms with E-state index in [0.29, 0.717) is 76.8 Å². The van der Waals surface area contributed by atoms with Gasteiger partial charge < -0.3 is 45.3 Å². The van der Waals surface area contributed by atoms with E-state index in [1.54, 1.807) is 7.11 Å². The van der Waals surface area contributed by atoms with Crippen LogP contribution in [-0.4, -0.2) is 101 Å². The lowest BCUT2D eigenvalue weighted by molar-refractivity contribution is -0.141. The van der Waals surface area contributed by atoms with E-state index in [0.717, 1.165) is 35.1 Å².